The number of hydrogen-bond acceptors (Lipinski definition) is 3. The van der Waals surface area contributed by atoms with Crippen molar-refractivity contribution in [3.63, 3.8) is 0 Å². The second-order valence-corrected chi connectivity index (χ2v) is 4.49. The van der Waals surface area contributed by atoms with E-state index in [1.54, 1.807) is 0 Å². The van der Waals surface area contributed by atoms with Crippen molar-refractivity contribution in [2.45, 2.75) is 39.8 Å². The average Bonchev–Trinajstić information content (AvgIpc) is 2.43. The summed E-state index contributed by atoms with van der Waals surface area (Å²) in [5.74, 6) is 0.0280. The van der Waals surface area contributed by atoms with E-state index in [0.29, 0.717) is 13.2 Å². The molecule has 1 aromatic carbocycles. The van der Waals surface area contributed by atoms with E-state index in [1.807, 2.05) is 45.0 Å². The number of rotatable bonds is 8. The molecule has 0 radical (unpaired) electrons. The van der Waals surface area contributed by atoms with Crippen LogP contribution in [-0.2, 0) is 16.1 Å². The molecule has 4 heteroatoms. The van der Waals surface area contributed by atoms with Crippen molar-refractivity contribution in [1.29, 1.82) is 0 Å². The third-order valence-electron chi connectivity index (χ3n) is 2.75. The van der Waals surface area contributed by atoms with Crippen LogP contribution in [0.1, 0.15) is 32.8 Å². The van der Waals surface area contributed by atoms with Crippen LogP contribution < -0.4 is 10.6 Å². The highest BCUT2D eigenvalue weighted by atomic mass is 16.5. The summed E-state index contributed by atoms with van der Waals surface area (Å²) >= 11 is 0. The molecule has 0 unspecified atom stereocenters. The van der Waals surface area contributed by atoms with Crippen LogP contribution in [0.25, 0.3) is 0 Å². The van der Waals surface area contributed by atoms with E-state index < -0.39 is 0 Å². The van der Waals surface area contributed by atoms with Crippen molar-refractivity contribution in [2.75, 3.05) is 18.5 Å². The summed E-state index contributed by atoms with van der Waals surface area (Å²) in [5.41, 5.74) is 2.08. The lowest BCUT2D eigenvalue weighted by atomic mass is 10.2. The maximum absolute atomic E-state index is 11.7. The first kappa shape index (κ1) is 15.5. The Morgan fingerprint density at radius 3 is 2.53 bits per heavy atom. The molecule has 0 heterocycles. The van der Waals surface area contributed by atoms with Gasteiger partial charge < -0.3 is 15.4 Å². The Labute approximate surface area is 115 Å². The maximum atomic E-state index is 11.7. The molecule has 0 aliphatic rings. The SMILES string of the molecule is CCCNC(=O)[C@@H](C)Nc1ccc(COCC)cc1. The van der Waals surface area contributed by atoms with Gasteiger partial charge in [-0.3, -0.25) is 4.79 Å². The minimum atomic E-state index is -0.232. The van der Waals surface area contributed by atoms with Gasteiger partial charge in [0, 0.05) is 18.8 Å². The van der Waals surface area contributed by atoms with E-state index in [1.165, 1.54) is 0 Å². The molecule has 0 fully saturated rings. The third-order valence-corrected chi connectivity index (χ3v) is 2.75. The Kier molecular flexibility index (Phi) is 6.97. The highest BCUT2D eigenvalue weighted by Crippen LogP contribution is 2.11. The lowest BCUT2D eigenvalue weighted by molar-refractivity contribution is -0.121. The first-order chi connectivity index (χ1) is 9.17. The Hall–Kier alpha value is -1.55. The molecule has 0 bridgehead atoms. The second kappa shape index (κ2) is 8.53. The third kappa shape index (κ3) is 5.75. The number of carbonyl (C=O) groups is 1. The van der Waals surface area contributed by atoms with E-state index in [2.05, 4.69) is 10.6 Å². The molecule has 1 aromatic rings. The molecule has 0 saturated carbocycles. The molecule has 1 rings (SSSR count). The minimum absolute atomic E-state index is 0.0280. The van der Waals surface area contributed by atoms with Crippen LogP contribution in [-0.4, -0.2) is 25.1 Å². The van der Waals surface area contributed by atoms with Gasteiger partial charge in [0.05, 0.1) is 6.61 Å². The molecule has 106 valence electrons. The molecule has 0 saturated heterocycles. The number of amides is 1. The predicted molar refractivity (Wildman–Crippen MR) is 78.2 cm³/mol. The summed E-state index contributed by atoms with van der Waals surface area (Å²) in [6, 6.07) is 7.73. The van der Waals surface area contributed by atoms with E-state index in [9.17, 15) is 4.79 Å². The highest BCUT2D eigenvalue weighted by molar-refractivity contribution is 5.84. The number of anilines is 1. The molecule has 0 aromatic heterocycles. The maximum Gasteiger partial charge on any atom is 0.242 e. The van der Waals surface area contributed by atoms with Crippen LogP contribution in [0, 0.1) is 0 Å². The zero-order valence-electron chi connectivity index (χ0n) is 12.0. The molecule has 4 nitrogen and oxygen atoms in total. The Morgan fingerprint density at radius 2 is 1.95 bits per heavy atom. The Morgan fingerprint density at radius 1 is 1.26 bits per heavy atom. The summed E-state index contributed by atoms with van der Waals surface area (Å²) in [5, 5.41) is 6.05. The number of hydrogen-bond donors (Lipinski definition) is 2. The van der Waals surface area contributed by atoms with E-state index in [0.717, 1.165) is 24.2 Å². The lowest BCUT2D eigenvalue weighted by Crippen LogP contribution is -2.37. The van der Waals surface area contributed by atoms with Gasteiger partial charge in [-0.05, 0) is 38.0 Å². The topological polar surface area (TPSA) is 50.4 Å². The average molecular weight is 264 g/mol. The number of benzene rings is 1. The van der Waals surface area contributed by atoms with Crippen LogP contribution in [0.15, 0.2) is 24.3 Å². The van der Waals surface area contributed by atoms with Gasteiger partial charge in [0.1, 0.15) is 6.04 Å². The van der Waals surface area contributed by atoms with Crippen molar-refractivity contribution in [1.82, 2.24) is 5.32 Å². The largest absolute Gasteiger partial charge is 0.377 e. The fraction of sp³-hybridized carbons (Fsp3) is 0.533. The first-order valence-corrected chi connectivity index (χ1v) is 6.88. The van der Waals surface area contributed by atoms with Gasteiger partial charge in [-0.25, -0.2) is 0 Å². The van der Waals surface area contributed by atoms with Crippen LogP contribution in [0.2, 0.25) is 0 Å². The van der Waals surface area contributed by atoms with Crippen molar-refractivity contribution in [3.05, 3.63) is 29.8 Å². The summed E-state index contributed by atoms with van der Waals surface area (Å²) in [7, 11) is 0. The molecule has 0 aliphatic heterocycles. The van der Waals surface area contributed by atoms with Gasteiger partial charge in [-0.1, -0.05) is 19.1 Å². The fourth-order valence-electron chi connectivity index (χ4n) is 1.63. The normalized spacial score (nSPS) is 11.9. The van der Waals surface area contributed by atoms with Gasteiger partial charge in [-0.2, -0.15) is 0 Å². The Bertz CT molecular complexity index is 376. The van der Waals surface area contributed by atoms with Crippen LogP contribution in [0.4, 0.5) is 5.69 Å². The van der Waals surface area contributed by atoms with E-state index in [4.69, 9.17) is 4.74 Å². The summed E-state index contributed by atoms with van der Waals surface area (Å²) in [6.07, 6.45) is 0.949. The molecular formula is C15H24N2O2. The zero-order chi connectivity index (χ0) is 14.1. The molecule has 2 N–H and O–H groups in total. The van der Waals surface area contributed by atoms with Gasteiger partial charge in [0.2, 0.25) is 5.91 Å². The van der Waals surface area contributed by atoms with Crippen molar-refractivity contribution in [2.24, 2.45) is 0 Å². The number of carbonyl (C=O) groups excluding carboxylic acids is 1. The smallest absolute Gasteiger partial charge is 0.242 e. The van der Waals surface area contributed by atoms with Crippen molar-refractivity contribution < 1.29 is 9.53 Å². The summed E-state index contributed by atoms with van der Waals surface area (Å²) in [6.45, 7) is 7.94. The molecule has 1 amide bonds. The quantitative estimate of drug-likeness (QED) is 0.758. The van der Waals surface area contributed by atoms with Crippen LogP contribution in [0.3, 0.4) is 0 Å². The molecule has 0 spiro atoms. The van der Waals surface area contributed by atoms with Gasteiger partial charge in [-0.15, -0.1) is 0 Å². The lowest BCUT2D eigenvalue weighted by Gasteiger charge is -2.15. The van der Waals surface area contributed by atoms with Crippen molar-refractivity contribution >= 4 is 11.6 Å². The van der Waals surface area contributed by atoms with Gasteiger partial charge in [0.15, 0.2) is 0 Å². The molecule has 19 heavy (non-hydrogen) atoms. The van der Waals surface area contributed by atoms with E-state index >= 15 is 0 Å². The predicted octanol–water partition coefficient (Wildman–Crippen LogP) is 2.55. The number of ether oxygens (including phenoxy) is 1. The van der Waals surface area contributed by atoms with Crippen LogP contribution >= 0.6 is 0 Å². The van der Waals surface area contributed by atoms with Crippen LogP contribution in [0.5, 0.6) is 0 Å². The Balaban J connectivity index is 2.45. The monoisotopic (exact) mass is 264 g/mol. The van der Waals surface area contributed by atoms with Gasteiger partial charge in [0.25, 0.3) is 0 Å². The van der Waals surface area contributed by atoms with Crippen molar-refractivity contribution in [3.8, 4) is 0 Å². The first-order valence-electron chi connectivity index (χ1n) is 6.88. The standard InChI is InChI=1S/C15H24N2O2/c1-4-10-16-15(18)12(3)17-14-8-6-13(7-9-14)11-19-5-2/h6-9,12,17H,4-5,10-11H2,1-3H3,(H,16,18)/t12-/m1/s1. The summed E-state index contributed by atoms with van der Waals surface area (Å²) in [4.78, 5) is 11.7. The van der Waals surface area contributed by atoms with E-state index in [-0.39, 0.29) is 11.9 Å². The number of nitrogens with one attached hydrogen (secondary N) is 2. The zero-order valence-corrected chi connectivity index (χ0v) is 12.0. The second-order valence-electron chi connectivity index (χ2n) is 4.49. The molecule has 1 atom stereocenters. The molecular weight excluding hydrogens is 240 g/mol. The highest BCUT2D eigenvalue weighted by Gasteiger charge is 2.11. The molecule has 0 aliphatic carbocycles. The fourth-order valence-corrected chi connectivity index (χ4v) is 1.63. The minimum Gasteiger partial charge on any atom is -0.377 e. The summed E-state index contributed by atoms with van der Waals surface area (Å²) < 4.78 is 5.34. The van der Waals surface area contributed by atoms with Gasteiger partial charge >= 0.3 is 0 Å².